The van der Waals surface area contributed by atoms with Crippen LogP contribution >= 0.6 is 11.6 Å². The van der Waals surface area contributed by atoms with Crippen molar-refractivity contribution in [1.29, 1.82) is 0 Å². The molecule has 0 amide bonds. The third-order valence-electron chi connectivity index (χ3n) is 4.70. The van der Waals surface area contributed by atoms with Gasteiger partial charge in [-0.3, -0.25) is 14.3 Å². The summed E-state index contributed by atoms with van der Waals surface area (Å²) in [6, 6.07) is 7.56. The predicted octanol–water partition coefficient (Wildman–Crippen LogP) is 1.19. The summed E-state index contributed by atoms with van der Waals surface area (Å²) in [5.74, 6) is 0.633. The zero-order chi connectivity index (χ0) is 18.4. The zero-order valence-corrected chi connectivity index (χ0v) is 15.2. The van der Waals surface area contributed by atoms with E-state index in [-0.39, 0.29) is 6.10 Å². The van der Waals surface area contributed by atoms with Crippen LogP contribution in [-0.2, 0) is 18.8 Å². The van der Waals surface area contributed by atoms with Crippen LogP contribution in [0.2, 0.25) is 5.02 Å². The van der Waals surface area contributed by atoms with E-state index < -0.39 is 11.2 Å². The fourth-order valence-electron chi connectivity index (χ4n) is 3.29. The van der Waals surface area contributed by atoms with Crippen LogP contribution in [0.1, 0.15) is 11.7 Å². The van der Waals surface area contributed by atoms with Crippen molar-refractivity contribution in [1.82, 2.24) is 19.1 Å². The number of nitrogens with zero attached hydrogens (tertiary/aromatic N) is 4. The Kier molecular flexibility index (Phi) is 4.08. The molecule has 0 aliphatic carbocycles. The number of morpholine rings is 1. The predicted molar refractivity (Wildman–Crippen MR) is 98.9 cm³/mol. The van der Waals surface area contributed by atoms with Gasteiger partial charge >= 0.3 is 5.69 Å². The molecule has 2 aromatic heterocycles. The number of hydrogen-bond donors (Lipinski definition) is 1. The molecule has 1 aromatic carbocycles. The van der Waals surface area contributed by atoms with Crippen molar-refractivity contribution in [2.75, 3.05) is 24.6 Å². The molecule has 1 atom stereocenters. The maximum atomic E-state index is 12.2. The van der Waals surface area contributed by atoms with Gasteiger partial charge in [-0.05, 0) is 17.7 Å². The lowest BCUT2D eigenvalue weighted by Gasteiger charge is -2.33. The number of H-pyrrole nitrogens is 1. The number of rotatable bonds is 2. The van der Waals surface area contributed by atoms with Crippen LogP contribution in [-0.4, -0.2) is 38.8 Å². The molecule has 0 bridgehead atoms. The molecule has 136 valence electrons. The minimum absolute atomic E-state index is 0.122. The molecule has 26 heavy (non-hydrogen) atoms. The molecule has 3 aromatic rings. The van der Waals surface area contributed by atoms with E-state index in [4.69, 9.17) is 16.3 Å². The number of aryl methyl sites for hydroxylation is 2. The molecular weight excluding hydrogens is 358 g/mol. The van der Waals surface area contributed by atoms with E-state index in [1.807, 2.05) is 24.3 Å². The average molecular weight is 376 g/mol. The number of halogens is 1. The van der Waals surface area contributed by atoms with E-state index in [2.05, 4.69) is 14.9 Å². The van der Waals surface area contributed by atoms with Crippen molar-refractivity contribution >= 4 is 28.7 Å². The number of aromatic amines is 1. The van der Waals surface area contributed by atoms with Crippen molar-refractivity contribution in [2.45, 2.75) is 6.10 Å². The largest absolute Gasteiger partial charge is 0.370 e. The second-order valence-electron chi connectivity index (χ2n) is 6.32. The molecule has 1 saturated heterocycles. The van der Waals surface area contributed by atoms with E-state index >= 15 is 0 Å². The Morgan fingerprint density at radius 2 is 1.92 bits per heavy atom. The lowest BCUT2D eigenvalue weighted by Crippen LogP contribution is -2.39. The van der Waals surface area contributed by atoms with Gasteiger partial charge in [-0.15, -0.1) is 0 Å². The molecule has 1 aliphatic rings. The lowest BCUT2D eigenvalue weighted by molar-refractivity contribution is 0.0391. The molecule has 8 nitrogen and oxygen atoms in total. The molecule has 4 rings (SSSR count). The highest BCUT2D eigenvalue weighted by Crippen LogP contribution is 2.27. The minimum Gasteiger partial charge on any atom is -0.370 e. The van der Waals surface area contributed by atoms with Crippen molar-refractivity contribution in [3.05, 3.63) is 55.7 Å². The molecule has 0 spiro atoms. The van der Waals surface area contributed by atoms with E-state index in [0.717, 1.165) is 5.56 Å². The maximum absolute atomic E-state index is 12.2. The van der Waals surface area contributed by atoms with Gasteiger partial charge in [0.2, 0.25) is 5.95 Å². The Hall–Kier alpha value is -2.58. The van der Waals surface area contributed by atoms with Gasteiger partial charge in [0.1, 0.15) is 6.10 Å². The summed E-state index contributed by atoms with van der Waals surface area (Å²) in [7, 11) is 3.37. The zero-order valence-electron chi connectivity index (χ0n) is 14.4. The summed E-state index contributed by atoms with van der Waals surface area (Å²) in [5, 5.41) is 0.678. The number of ether oxygens (including phenoxy) is 1. The van der Waals surface area contributed by atoms with E-state index in [1.165, 1.54) is 4.57 Å². The number of hydrogen-bond acceptors (Lipinski definition) is 5. The van der Waals surface area contributed by atoms with Gasteiger partial charge < -0.3 is 14.2 Å². The van der Waals surface area contributed by atoms with Crippen LogP contribution in [0.4, 0.5) is 5.95 Å². The van der Waals surface area contributed by atoms with Crippen molar-refractivity contribution < 1.29 is 4.74 Å². The fourth-order valence-corrected chi connectivity index (χ4v) is 3.42. The van der Waals surface area contributed by atoms with Crippen LogP contribution in [0.5, 0.6) is 0 Å². The van der Waals surface area contributed by atoms with Gasteiger partial charge in [-0.1, -0.05) is 23.7 Å². The average Bonchev–Trinajstić information content (AvgIpc) is 2.98. The molecular formula is C17H18ClN5O3. The number of nitrogens with one attached hydrogen (secondary N) is 1. The van der Waals surface area contributed by atoms with Gasteiger partial charge in [0.15, 0.2) is 11.2 Å². The summed E-state index contributed by atoms with van der Waals surface area (Å²) < 4.78 is 8.96. The van der Waals surface area contributed by atoms with Gasteiger partial charge in [-0.2, -0.15) is 4.98 Å². The Morgan fingerprint density at radius 1 is 1.19 bits per heavy atom. The van der Waals surface area contributed by atoms with Crippen molar-refractivity contribution in [3.63, 3.8) is 0 Å². The topological polar surface area (TPSA) is 85.2 Å². The van der Waals surface area contributed by atoms with Crippen molar-refractivity contribution in [2.24, 2.45) is 14.1 Å². The first-order chi connectivity index (χ1) is 12.5. The quantitative estimate of drug-likeness (QED) is 0.727. The molecule has 0 saturated carbocycles. The number of anilines is 1. The third kappa shape index (κ3) is 2.71. The van der Waals surface area contributed by atoms with Gasteiger partial charge in [0.25, 0.3) is 5.56 Å². The first-order valence-corrected chi connectivity index (χ1v) is 8.61. The van der Waals surface area contributed by atoms with Gasteiger partial charge in [0, 0.05) is 25.7 Å². The normalized spacial score (nSPS) is 17.8. The Labute approximate surface area is 153 Å². The molecule has 1 aliphatic heterocycles. The van der Waals surface area contributed by atoms with Crippen LogP contribution in [0.15, 0.2) is 33.9 Å². The number of aromatic nitrogens is 4. The summed E-state index contributed by atoms with van der Waals surface area (Å²) in [5.41, 5.74) is 0.852. The molecule has 9 heteroatoms. The van der Waals surface area contributed by atoms with E-state index in [1.54, 1.807) is 18.7 Å². The lowest BCUT2D eigenvalue weighted by atomic mass is 10.1. The number of benzene rings is 1. The summed E-state index contributed by atoms with van der Waals surface area (Å²) in [4.78, 5) is 33.0. The fraction of sp³-hybridized carbons (Fsp3) is 0.353. The second-order valence-corrected chi connectivity index (χ2v) is 6.75. The number of imidazole rings is 1. The van der Waals surface area contributed by atoms with Gasteiger partial charge in [-0.25, -0.2) is 4.79 Å². The molecule has 0 unspecified atom stereocenters. The smallest absolute Gasteiger partial charge is 0.329 e. The third-order valence-corrected chi connectivity index (χ3v) is 4.95. The van der Waals surface area contributed by atoms with Crippen LogP contribution < -0.4 is 16.1 Å². The highest BCUT2D eigenvalue weighted by atomic mass is 35.5. The maximum Gasteiger partial charge on any atom is 0.329 e. The molecule has 0 radical (unpaired) electrons. The van der Waals surface area contributed by atoms with Crippen LogP contribution in [0.3, 0.4) is 0 Å². The van der Waals surface area contributed by atoms with E-state index in [0.29, 0.717) is 41.8 Å². The minimum atomic E-state index is -0.479. The molecule has 1 N–H and O–H groups in total. The molecule has 1 fully saturated rings. The van der Waals surface area contributed by atoms with E-state index in [9.17, 15) is 9.59 Å². The monoisotopic (exact) mass is 375 g/mol. The highest BCUT2D eigenvalue weighted by Gasteiger charge is 2.26. The second kappa shape index (κ2) is 6.30. The Balaban J connectivity index is 1.73. The standard InChI is InChI=1S/C17H18ClN5O3/c1-21-13-14(22(2)17(25)20-15(13)24)19-16(21)23-7-8-26-12(9-23)10-3-5-11(18)6-4-10/h3-6,12H,7-9H2,1-2H3,(H,20,24,25)/t12-/m0/s1. The summed E-state index contributed by atoms with van der Waals surface area (Å²) in [6.07, 6.45) is -0.122. The SMILES string of the molecule is Cn1c(N2CCO[C@H](c3ccc(Cl)cc3)C2)nc2c1c(=O)[nH]c(=O)n2C. The molecule has 3 heterocycles. The summed E-state index contributed by atoms with van der Waals surface area (Å²) >= 11 is 5.96. The van der Waals surface area contributed by atoms with Crippen molar-refractivity contribution in [3.8, 4) is 0 Å². The highest BCUT2D eigenvalue weighted by molar-refractivity contribution is 6.30. The Morgan fingerprint density at radius 3 is 2.65 bits per heavy atom. The first kappa shape index (κ1) is 16.9. The Bertz CT molecular complexity index is 1080. The van der Waals surface area contributed by atoms with Crippen LogP contribution in [0.25, 0.3) is 11.2 Å². The van der Waals surface area contributed by atoms with Gasteiger partial charge in [0.05, 0.1) is 13.2 Å². The summed E-state index contributed by atoms with van der Waals surface area (Å²) in [6.45, 7) is 1.77. The number of fused-ring (bicyclic) bond motifs is 1. The van der Waals surface area contributed by atoms with Crippen LogP contribution in [0, 0.1) is 0 Å². The first-order valence-electron chi connectivity index (χ1n) is 8.23.